The topological polar surface area (TPSA) is 49.4 Å². The fourth-order valence-electron chi connectivity index (χ4n) is 3.21. The summed E-state index contributed by atoms with van der Waals surface area (Å²) >= 11 is 0. The third-order valence-electron chi connectivity index (χ3n) is 4.48. The van der Waals surface area contributed by atoms with Crippen LogP contribution in [0.5, 0.6) is 0 Å². The second kappa shape index (κ2) is 3.93. The smallest absolute Gasteiger partial charge is 0.152 e. The van der Waals surface area contributed by atoms with Crippen LogP contribution in [0.25, 0.3) is 0 Å². The first kappa shape index (κ1) is 11.9. The molecule has 2 aliphatic heterocycles. The van der Waals surface area contributed by atoms with Crippen molar-refractivity contribution in [3.05, 3.63) is 0 Å². The molecular formula is C12H22N2O2S. The molecule has 0 radical (unpaired) electrons. The van der Waals surface area contributed by atoms with E-state index >= 15 is 0 Å². The van der Waals surface area contributed by atoms with E-state index in [0.717, 1.165) is 25.6 Å². The predicted molar refractivity (Wildman–Crippen MR) is 67.8 cm³/mol. The first-order chi connectivity index (χ1) is 7.97. The van der Waals surface area contributed by atoms with Gasteiger partial charge in [0.15, 0.2) is 9.84 Å². The molecule has 2 heterocycles. The monoisotopic (exact) mass is 258 g/mol. The summed E-state index contributed by atoms with van der Waals surface area (Å²) in [5, 5.41) is 3.65. The van der Waals surface area contributed by atoms with Gasteiger partial charge in [0.1, 0.15) is 0 Å². The Kier molecular flexibility index (Phi) is 2.76. The minimum atomic E-state index is -2.78. The van der Waals surface area contributed by atoms with Crippen LogP contribution in [0, 0.1) is 0 Å². The largest absolute Gasteiger partial charge is 0.310 e. The number of likely N-dealkylation sites (tertiary alicyclic amines) is 1. The molecule has 98 valence electrons. The van der Waals surface area contributed by atoms with Crippen LogP contribution in [0.4, 0.5) is 0 Å². The Morgan fingerprint density at radius 3 is 2.59 bits per heavy atom. The van der Waals surface area contributed by atoms with Crippen LogP contribution in [0.1, 0.15) is 32.6 Å². The molecule has 5 heteroatoms. The summed E-state index contributed by atoms with van der Waals surface area (Å²) in [6, 6.07) is 1.34. The summed E-state index contributed by atoms with van der Waals surface area (Å²) in [7, 11) is -2.78. The van der Waals surface area contributed by atoms with Crippen molar-refractivity contribution in [2.75, 3.05) is 24.6 Å². The zero-order valence-corrected chi connectivity index (χ0v) is 11.3. The highest BCUT2D eigenvalue weighted by molar-refractivity contribution is 7.91. The van der Waals surface area contributed by atoms with Crippen LogP contribution < -0.4 is 5.32 Å². The van der Waals surface area contributed by atoms with Gasteiger partial charge in [0.2, 0.25) is 0 Å². The van der Waals surface area contributed by atoms with E-state index in [9.17, 15) is 8.42 Å². The van der Waals surface area contributed by atoms with Gasteiger partial charge in [-0.3, -0.25) is 4.90 Å². The first-order valence-electron chi connectivity index (χ1n) is 6.68. The fraction of sp³-hybridized carbons (Fsp3) is 1.00. The van der Waals surface area contributed by atoms with Gasteiger partial charge < -0.3 is 5.32 Å². The molecule has 1 N–H and O–H groups in total. The van der Waals surface area contributed by atoms with Gasteiger partial charge in [0.25, 0.3) is 0 Å². The second-order valence-corrected chi connectivity index (χ2v) is 8.40. The zero-order valence-electron chi connectivity index (χ0n) is 10.5. The highest BCUT2D eigenvalue weighted by atomic mass is 32.2. The predicted octanol–water partition coefficient (Wildman–Crippen LogP) is 0.390. The van der Waals surface area contributed by atoms with Crippen molar-refractivity contribution in [2.45, 2.75) is 50.2 Å². The molecule has 2 atom stereocenters. The molecule has 1 saturated carbocycles. The Morgan fingerprint density at radius 1 is 1.24 bits per heavy atom. The molecule has 3 fully saturated rings. The van der Waals surface area contributed by atoms with Gasteiger partial charge in [-0.2, -0.15) is 0 Å². The lowest BCUT2D eigenvalue weighted by molar-refractivity contribution is 0.157. The fourth-order valence-corrected chi connectivity index (χ4v) is 5.38. The maximum atomic E-state index is 11.6. The number of hydrogen-bond acceptors (Lipinski definition) is 4. The molecule has 0 bridgehead atoms. The quantitative estimate of drug-likeness (QED) is 0.795. The minimum absolute atomic E-state index is 0.0984. The van der Waals surface area contributed by atoms with E-state index in [1.54, 1.807) is 0 Å². The number of hydrogen-bond donors (Lipinski definition) is 1. The second-order valence-electron chi connectivity index (χ2n) is 6.21. The maximum absolute atomic E-state index is 11.6. The summed E-state index contributed by atoms with van der Waals surface area (Å²) in [4.78, 5) is 2.40. The Bertz CT molecular complexity index is 405. The summed E-state index contributed by atoms with van der Waals surface area (Å²) < 4.78 is 23.3. The van der Waals surface area contributed by atoms with Crippen molar-refractivity contribution in [1.29, 1.82) is 0 Å². The van der Waals surface area contributed by atoms with E-state index in [0.29, 0.717) is 17.5 Å². The lowest BCUT2D eigenvalue weighted by Crippen LogP contribution is -2.47. The molecule has 0 amide bonds. The van der Waals surface area contributed by atoms with Crippen LogP contribution in [0.3, 0.4) is 0 Å². The van der Waals surface area contributed by atoms with Gasteiger partial charge in [-0.1, -0.05) is 0 Å². The van der Waals surface area contributed by atoms with Crippen molar-refractivity contribution in [3.8, 4) is 0 Å². The van der Waals surface area contributed by atoms with Gasteiger partial charge in [-0.15, -0.1) is 0 Å². The minimum Gasteiger partial charge on any atom is -0.310 e. The molecule has 0 aromatic carbocycles. The van der Waals surface area contributed by atoms with Gasteiger partial charge in [0.05, 0.1) is 11.5 Å². The highest BCUT2D eigenvalue weighted by Gasteiger charge is 2.45. The molecule has 4 nitrogen and oxygen atoms in total. The van der Waals surface area contributed by atoms with Gasteiger partial charge in [-0.05, 0) is 32.6 Å². The molecule has 0 aromatic heterocycles. The van der Waals surface area contributed by atoms with Crippen molar-refractivity contribution in [2.24, 2.45) is 0 Å². The van der Waals surface area contributed by atoms with E-state index in [1.165, 1.54) is 19.3 Å². The van der Waals surface area contributed by atoms with E-state index in [2.05, 4.69) is 17.1 Å². The Balaban J connectivity index is 1.61. The number of rotatable bonds is 3. The van der Waals surface area contributed by atoms with Crippen LogP contribution in [-0.4, -0.2) is 55.5 Å². The molecular weight excluding hydrogens is 236 g/mol. The molecule has 3 rings (SSSR count). The van der Waals surface area contributed by atoms with Crippen molar-refractivity contribution >= 4 is 9.84 Å². The van der Waals surface area contributed by atoms with Gasteiger partial charge in [-0.25, -0.2) is 8.42 Å². The number of sulfone groups is 1. The van der Waals surface area contributed by atoms with Crippen molar-refractivity contribution < 1.29 is 8.42 Å². The van der Waals surface area contributed by atoms with Crippen LogP contribution in [0.15, 0.2) is 0 Å². The maximum Gasteiger partial charge on any atom is 0.152 e. The molecule has 0 spiro atoms. The molecule has 2 saturated heterocycles. The van der Waals surface area contributed by atoms with Crippen LogP contribution >= 0.6 is 0 Å². The molecule has 17 heavy (non-hydrogen) atoms. The molecule has 2 unspecified atom stereocenters. The molecule has 0 aromatic rings. The Labute approximate surface area is 104 Å². The van der Waals surface area contributed by atoms with E-state index < -0.39 is 9.84 Å². The summed E-state index contributed by atoms with van der Waals surface area (Å²) in [6.45, 7) is 4.20. The lowest BCUT2D eigenvalue weighted by Gasteiger charge is -2.34. The molecule has 1 aliphatic carbocycles. The standard InChI is InChI=1S/C12H22N2O2S/c1-12(5-7-17(15,16)9-12)14-6-4-11(8-14)13-10-2-3-10/h10-11,13H,2-9H2,1H3. The molecule has 3 aliphatic rings. The summed E-state index contributed by atoms with van der Waals surface area (Å²) in [5.74, 6) is 0.733. The number of nitrogens with one attached hydrogen (secondary N) is 1. The van der Waals surface area contributed by atoms with Crippen molar-refractivity contribution in [1.82, 2.24) is 10.2 Å². The average molecular weight is 258 g/mol. The van der Waals surface area contributed by atoms with E-state index in [1.807, 2.05) is 0 Å². The van der Waals surface area contributed by atoms with Gasteiger partial charge >= 0.3 is 0 Å². The normalized spacial score (nSPS) is 42.1. The van der Waals surface area contributed by atoms with Gasteiger partial charge in [0, 0.05) is 30.7 Å². The highest BCUT2D eigenvalue weighted by Crippen LogP contribution is 2.33. The lowest BCUT2D eigenvalue weighted by atomic mass is 10.00. The van der Waals surface area contributed by atoms with Crippen molar-refractivity contribution in [3.63, 3.8) is 0 Å². The van der Waals surface area contributed by atoms with Crippen LogP contribution in [-0.2, 0) is 9.84 Å². The third-order valence-corrected chi connectivity index (χ3v) is 6.37. The number of nitrogens with zero attached hydrogens (tertiary/aromatic N) is 1. The Hall–Kier alpha value is -0.130. The average Bonchev–Trinajstić information content (AvgIpc) is 2.81. The van der Waals surface area contributed by atoms with E-state index in [-0.39, 0.29) is 5.54 Å². The summed E-state index contributed by atoms with van der Waals surface area (Å²) in [6.07, 6.45) is 4.63. The van der Waals surface area contributed by atoms with E-state index in [4.69, 9.17) is 0 Å². The summed E-state index contributed by atoms with van der Waals surface area (Å²) in [5.41, 5.74) is -0.0984. The first-order valence-corrected chi connectivity index (χ1v) is 8.51. The zero-order chi connectivity index (χ0) is 12.1. The third kappa shape index (κ3) is 2.51. The SMILES string of the molecule is CC1(N2CCC(NC3CC3)C2)CCS(=O)(=O)C1. The Morgan fingerprint density at radius 2 is 2.00 bits per heavy atom. The van der Waals surface area contributed by atoms with Crippen LogP contribution in [0.2, 0.25) is 0 Å².